The largest absolute Gasteiger partial charge is 0.505 e. The fraction of sp³-hybridized carbons (Fsp3) is 0.367. The standard InChI is InChI=1S/C30H30ClF3N8O4S/c1-2-22-25(39-10-12-40(13-11-39)47-27-23(43)4-3-9-35-27)28(45)42-29(37-26(38-42)18-7-14-46-15-8-18)41(22)17-24(44)36-21-6-5-19(16-20(21)31)30(32,33)34/h3-7,9,16,43H,2,8,10-15,17H2,1H3,(H,36,44). The van der Waals surface area contributed by atoms with Crippen LogP contribution >= 0.6 is 23.5 Å². The van der Waals surface area contributed by atoms with E-state index in [4.69, 9.17) is 16.3 Å². The Morgan fingerprint density at radius 2 is 1.98 bits per heavy atom. The van der Waals surface area contributed by atoms with E-state index >= 15 is 0 Å². The lowest BCUT2D eigenvalue weighted by molar-refractivity contribution is -0.137. The van der Waals surface area contributed by atoms with Gasteiger partial charge in [0.1, 0.15) is 18.0 Å². The smallest absolute Gasteiger partial charge is 0.416 e. The lowest BCUT2D eigenvalue weighted by atomic mass is 10.1. The van der Waals surface area contributed by atoms with Gasteiger partial charge >= 0.3 is 6.18 Å². The Bertz CT molecular complexity index is 1910. The van der Waals surface area contributed by atoms with Crippen molar-refractivity contribution in [1.82, 2.24) is 28.5 Å². The zero-order chi connectivity index (χ0) is 33.3. The Labute approximate surface area is 275 Å². The van der Waals surface area contributed by atoms with Crippen molar-refractivity contribution in [2.75, 3.05) is 49.6 Å². The molecule has 248 valence electrons. The van der Waals surface area contributed by atoms with Gasteiger partial charge in [0.25, 0.3) is 5.56 Å². The molecule has 0 spiro atoms. The molecule has 1 amide bonds. The first-order chi connectivity index (χ1) is 22.5. The minimum absolute atomic E-state index is 0.0158. The van der Waals surface area contributed by atoms with Crippen LogP contribution in [0.1, 0.15) is 30.4 Å². The molecule has 5 heterocycles. The average Bonchev–Trinajstić information content (AvgIpc) is 3.51. The summed E-state index contributed by atoms with van der Waals surface area (Å²) in [6.45, 7) is 4.43. The van der Waals surface area contributed by atoms with Crippen molar-refractivity contribution in [3.63, 3.8) is 0 Å². The number of fused-ring (bicyclic) bond motifs is 1. The van der Waals surface area contributed by atoms with Gasteiger partial charge in [-0.15, -0.1) is 5.10 Å². The number of amides is 1. The normalized spacial score (nSPS) is 16.0. The van der Waals surface area contributed by atoms with Crippen molar-refractivity contribution in [2.24, 2.45) is 0 Å². The van der Waals surface area contributed by atoms with E-state index in [0.29, 0.717) is 74.5 Å². The summed E-state index contributed by atoms with van der Waals surface area (Å²) in [4.78, 5) is 38.4. The van der Waals surface area contributed by atoms with Crippen molar-refractivity contribution in [3.8, 4) is 5.75 Å². The van der Waals surface area contributed by atoms with Crippen LogP contribution in [-0.4, -0.2) is 78.9 Å². The van der Waals surface area contributed by atoms with E-state index in [9.17, 15) is 27.9 Å². The zero-order valence-corrected chi connectivity index (χ0v) is 26.7. The molecule has 1 aromatic carbocycles. The summed E-state index contributed by atoms with van der Waals surface area (Å²) in [5, 5.41) is 17.5. The number of aromatic hydroxyl groups is 1. The number of hydrogen-bond acceptors (Lipinski definition) is 10. The third-order valence-electron chi connectivity index (χ3n) is 7.80. The Balaban J connectivity index is 1.34. The quantitative estimate of drug-likeness (QED) is 0.255. The molecular weight excluding hydrogens is 661 g/mol. The maximum absolute atomic E-state index is 14.1. The van der Waals surface area contributed by atoms with E-state index in [1.807, 2.05) is 22.2 Å². The maximum Gasteiger partial charge on any atom is 0.416 e. The minimum atomic E-state index is -4.59. The highest BCUT2D eigenvalue weighted by Crippen LogP contribution is 2.34. The zero-order valence-electron chi connectivity index (χ0n) is 25.1. The van der Waals surface area contributed by atoms with Crippen LogP contribution in [0.15, 0.2) is 52.4 Å². The SMILES string of the molecule is CCc1c(N2CCN(Sc3ncccc3O)CC2)c(=O)n2nc(C3=CCOCC3)nc2n1CC(=O)Nc1ccc(C(F)(F)F)cc1Cl. The fourth-order valence-electron chi connectivity index (χ4n) is 5.50. The van der Waals surface area contributed by atoms with E-state index < -0.39 is 17.6 Å². The van der Waals surface area contributed by atoms with Crippen molar-refractivity contribution < 1.29 is 27.8 Å². The topological polar surface area (TPSA) is 130 Å². The highest BCUT2D eigenvalue weighted by molar-refractivity contribution is 7.97. The molecule has 4 aromatic rings. The Morgan fingerprint density at radius 1 is 1.19 bits per heavy atom. The van der Waals surface area contributed by atoms with Crippen LogP contribution in [0.25, 0.3) is 11.4 Å². The number of alkyl halides is 3. The van der Waals surface area contributed by atoms with Gasteiger partial charge in [-0.25, -0.2) is 9.29 Å². The lowest BCUT2D eigenvalue weighted by Crippen LogP contribution is -2.47. The molecule has 0 radical (unpaired) electrons. The number of anilines is 2. The lowest BCUT2D eigenvalue weighted by Gasteiger charge is -2.36. The summed E-state index contributed by atoms with van der Waals surface area (Å²) in [5.41, 5.74) is 0.447. The number of halogens is 4. The molecule has 17 heteroatoms. The van der Waals surface area contributed by atoms with Crippen molar-refractivity contribution >= 4 is 52.2 Å². The van der Waals surface area contributed by atoms with Crippen LogP contribution in [-0.2, 0) is 28.7 Å². The maximum atomic E-state index is 14.1. The van der Waals surface area contributed by atoms with E-state index in [2.05, 4.69) is 20.4 Å². The number of carbonyl (C=O) groups is 1. The Hall–Kier alpha value is -4.12. The van der Waals surface area contributed by atoms with E-state index in [1.165, 1.54) is 16.5 Å². The van der Waals surface area contributed by atoms with Crippen LogP contribution in [0.5, 0.6) is 5.75 Å². The number of benzene rings is 1. The second-order valence-corrected chi connectivity index (χ2v) is 12.3. The number of nitrogens with one attached hydrogen (secondary N) is 1. The molecule has 0 aliphatic carbocycles. The molecule has 0 atom stereocenters. The van der Waals surface area contributed by atoms with Gasteiger partial charge in [-0.1, -0.05) is 24.6 Å². The van der Waals surface area contributed by atoms with Crippen LogP contribution in [0, 0.1) is 0 Å². The molecule has 1 fully saturated rings. The fourth-order valence-corrected chi connectivity index (χ4v) is 6.59. The molecule has 2 aliphatic rings. The first-order valence-electron chi connectivity index (χ1n) is 14.8. The van der Waals surface area contributed by atoms with Gasteiger partial charge in [0, 0.05) is 32.4 Å². The molecule has 2 aliphatic heterocycles. The highest BCUT2D eigenvalue weighted by atomic mass is 35.5. The monoisotopic (exact) mass is 690 g/mol. The second-order valence-electron chi connectivity index (χ2n) is 10.8. The molecule has 6 rings (SSSR count). The number of pyridine rings is 1. The van der Waals surface area contributed by atoms with Crippen molar-refractivity contribution in [2.45, 2.75) is 37.5 Å². The predicted octanol–water partition coefficient (Wildman–Crippen LogP) is 4.50. The van der Waals surface area contributed by atoms with E-state index in [-0.39, 0.29) is 34.3 Å². The number of carbonyl (C=O) groups excluding carboxylic acids is 1. The summed E-state index contributed by atoms with van der Waals surface area (Å²) in [6, 6.07) is 5.92. The third-order valence-corrected chi connectivity index (χ3v) is 9.23. The van der Waals surface area contributed by atoms with E-state index in [0.717, 1.165) is 23.8 Å². The van der Waals surface area contributed by atoms with Crippen molar-refractivity contribution in [1.29, 1.82) is 0 Å². The summed E-state index contributed by atoms with van der Waals surface area (Å²) < 4.78 is 49.7. The Kier molecular flexibility index (Phi) is 9.46. The molecular formula is C30H30ClF3N8O4S. The minimum Gasteiger partial charge on any atom is -0.505 e. The predicted molar refractivity (Wildman–Crippen MR) is 171 cm³/mol. The van der Waals surface area contributed by atoms with Crippen molar-refractivity contribution in [3.05, 3.63) is 75.1 Å². The number of rotatable bonds is 8. The van der Waals surface area contributed by atoms with Gasteiger partial charge in [-0.3, -0.25) is 9.59 Å². The average molecular weight is 691 g/mol. The van der Waals surface area contributed by atoms with Gasteiger partial charge in [0.15, 0.2) is 10.9 Å². The van der Waals surface area contributed by atoms with Gasteiger partial charge < -0.3 is 24.6 Å². The molecule has 12 nitrogen and oxygen atoms in total. The van der Waals surface area contributed by atoms with Gasteiger partial charge in [-0.2, -0.15) is 22.7 Å². The summed E-state index contributed by atoms with van der Waals surface area (Å²) in [5.74, 6) is 0.00973. The first kappa shape index (κ1) is 32.8. The molecule has 3 aromatic heterocycles. The highest BCUT2D eigenvalue weighted by Gasteiger charge is 2.32. The number of aromatic nitrogens is 5. The molecule has 0 bridgehead atoms. The summed E-state index contributed by atoms with van der Waals surface area (Å²) in [7, 11) is 0. The third kappa shape index (κ3) is 6.95. The number of hydrogen-bond donors (Lipinski definition) is 2. The number of ether oxygens (including phenoxy) is 1. The number of nitrogens with zero attached hydrogens (tertiary/aromatic N) is 7. The van der Waals surface area contributed by atoms with Gasteiger partial charge in [-0.05, 0) is 60.7 Å². The van der Waals surface area contributed by atoms with E-state index in [1.54, 1.807) is 22.9 Å². The van der Waals surface area contributed by atoms with Gasteiger partial charge in [0.05, 0.1) is 35.2 Å². The van der Waals surface area contributed by atoms with Gasteiger partial charge in [0.2, 0.25) is 11.7 Å². The molecule has 2 N–H and O–H groups in total. The first-order valence-corrected chi connectivity index (χ1v) is 16.0. The van der Waals surface area contributed by atoms with Crippen LogP contribution in [0.3, 0.4) is 0 Å². The second kappa shape index (κ2) is 13.5. The Morgan fingerprint density at radius 3 is 2.64 bits per heavy atom. The number of piperazine rings is 1. The van der Waals surface area contributed by atoms with Crippen LogP contribution in [0.2, 0.25) is 5.02 Å². The van der Waals surface area contributed by atoms with Crippen LogP contribution < -0.4 is 15.8 Å². The molecule has 0 unspecified atom stereocenters. The summed E-state index contributed by atoms with van der Waals surface area (Å²) in [6.07, 6.45) is -0.212. The summed E-state index contributed by atoms with van der Waals surface area (Å²) >= 11 is 7.44. The molecule has 47 heavy (non-hydrogen) atoms. The molecule has 1 saturated heterocycles. The molecule has 0 saturated carbocycles. The van der Waals surface area contributed by atoms with Crippen LogP contribution in [0.4, 0.5) is 24.5 Å².